The minimum atomic E-state index is -1.20. The van der Waals surface area contributed by atoms with E-state index in [1.165, 1.54) is 30.6 Å². The summed E-state index contributed by atoms with van der Waals surface area (Å²) in [7, 11) is 0. The number of hydrogen-bond donors (Lipinski definition) is 3. The molecule has 1 amide bonds. The van der Waals surface area contributed by atoms with E-state index in [1.807, 2.05) is 6.07 Å². The highest BCUT2D eigenvalue weighted by Crippen LogP contribution is 2.26. The number of amides is 1. The van der Waals surface area contributed by atoms with E-state index in [1.54, 1.807) is 6.07 Å². The smallest absolute Gasteiger partial charge is 0.354 e. The number of nitrogens with one attached hydrogen (secondary N) is 1. The molecule has 0 fully saturated rings. The van der Waals surface area contributed by atoms with Crippen LogP contribution < -0.4 is 5.32 Å². The lowest BCUT2D eigenvalue weighted by molar-refractivity contribution is 0.0690. The number of carbonyl (C=O) groups is 2. The number of fused-ring (bicyclic) bond motifs is 1. The molecule has 3 aromatic heterocycles. The van der Waals surface area contributed by atoms with Gasteiger partial charge in [-0.15, -0.1) is 0 Å². The predicted molar refractivity (Wildman–Crippen MR) is 88.3 cm³/mol. The van der Waals surface area contributed by atoms with Crippen LogP contribution in [0.1, 0.15) is 32.2 Å². The Kier molecular flexibility index (Phi) is 4.40. The third-order valence-electron chi connectivity index (χ3n) is 3.55. The average molecular weight is 349 g/mol. The summed E-state index contributed by atoms with van der Waals surface area (Å²) in [6.45, 7) is 0.132. The Hall–Kier alpha value is -4.06. The van der Waals surface area contributed by atoms with Crippen LogP contribution in [-0.4, -0.2) is 37.0 Å². The molecule has 128 valence electrons. The zero-order valence-electron chi connectivity index (χ0n) is 13.2. The molecule has 0 saturated carbocycles. The maximum Gasteiger partial charge on any atom is 0.354 e. The van der Waals surface area contributed by atoms with E-state index in [4.69, 9.17) is 10.4 Å². The molecule has 0 bridgehead atoms. The van der Waals surface area contributed by atoms with Crippen molar-refractivity contribution in [1.82, 2.24) is 20.3 Å². The number of aromatic nitrogens is 3. The van der Waals surface area contributed by atoms with Crippen molar-refractivity contribution in [3.63, 3.8) is 0 Å². The third-order valence-corrected chi connectivity index (χ3v) is 3.55. The van der Waals surface area contributed by atoms with Gasteiger partial charge in [-0.05, 0) is 23.8 Å². The first-order chi connectivity index (χ1) is 12.5. The fourth-order valence-corrected chi connectivity index (χ4v) is 2.23. The summed E-state index contributed by atoms with van der Waals surface area (Å²) in [5.74, 6) is -2.21. The van der Waals surface area contributed by atoms with E-state index in [0.717, 1.165) is 0 Å². The molecule has 3 aromatic rings. The average Bonchev–Trinajstić information content (AvgIpc) is 2.66. The van der Waals surface area contributed by atoms with Gasteiger partial charge in [0, 0.05) is 18.1 Å². The molecule has 9 heteroatoms. The topological polar surface area (TPSA) is 149 Å². The van der Waals surface area contributed by atoms with Crippen LogP contribution in [0, 0.1) is 11.3 Å². The largest absolute Gasteiger partial charge is 0.505 e. The highest BCUT2D eigenvalue weighted by atomic mass is 16.4. The van der Waals surface area contributed by atoms with Crippen LogP contribution in [0.15, 0.2) is 36.7 Å². The quantitative estimate of drug-likeness (QED) is 0.636. The molecular formula is C17H11N5O4. The number of hydrogen-bond acceptors (Lipinski definition) is 7. The van der Waals surface area contributed by atoms with Gasteiger partial charge >= 0.3 is 5.97 Å². The Morgan fingerprint density at radius 1 is 1.15 bits per heavy atom. The zero-order chi connectivity index (χ0) is 18.7. The third kappa shape index (κ3) is 3.25. The number of aromatic hydroxyl groups is 1. The van der Waals surface area contributed by atoms with Crippen molar-refractivity contribution in [3.05, 3.63) is 59.3 Å². The first kappa shape index (κ1) is 16.8. The molecule has 0 aliphatic heterocycles. The Labute approximate surface area is 146 Å². The van der Waals surface area contributed by atoms with Gasteiger partial charge in [0.15, 0.2) is 11.4 Å². The predicted octanol–water partition coefficient (Wildman–Crippen LogP) is 1.23. The molecule has 0 saturated heterocycles. The summed E-state index contributed by atoms with van der Waals surface area (Å²) in [6.07, 6.45) is 2.68. The van der Waals surface area contributed by atoms with Crippen molar-refractivity contribution in [1.29, 1.82) is 5.26 Å². The second-order valence-corrected chi connectivity index (χ2v) is 5.24. The summed E-state index contributed by atoms with van der Waals surface area (Å²) >= 11 is 0. The number of pyridine rings is 3. The number of nitrogens with zero attached hydrogens (tertiary/aromatic N) is 4. The molecule has 26 heavy (non-hydrogen) atoms. The van der Waals surface area contributed by atoms with E-state index in [-0.39, 0.29) is 40.3 Å². The Morgan fingerprint density at radius 3 is 2.62 bits per heavy atom. The molecule has 0 unspecified atom stereocenters. The molecule has 0 aromatic carbocycles. The monoisotopic (exact) mass is 349 g/mol. The standard InChI is InChI=1S/C17H11N5O4/c18-5-10-2-1-9(6-19-10)7-21-16(24)14-15(23)11-3-4-12(17(25)26)22-13(11)8-20-14/h1-4,6,8,23H,7H2,(H,21,24)(H,25,26). The second kappa shape index (κ2) is 6.82. The van der Waals surface area contributed by atoms with Crippen LogP contribution in [0.25, 0.3) is 10.9 Å². The molecule has 9 nitrogen and oxygen atoms in total. The summed E-state index contributed by atoms with van der Waals surface area (Å²) in [4.78, 5) is 34.8. The summed E-state index contributed by atoms with van der Waals surface area (Å²) in [6, 6.07) is 7.67. The van der Waals surface area contributed by atoms with Gasteiger partial charge in [-0.25, -0.2) is 19.7 Å². The minimum Gasteiger partial charge on any atom is -0.505 e. The Bertz CT molecular complexity index is 1060. The van der Waals surface area contributed by atoms with Crippen LogP contribution in [-0.2, 0) is 6.54 Å². The maximum absolute atomic E-state index is 12.3. The fourth-order valence-electron chi connectivity index (χ4n) is 2.23. The van der Waals surface area contributed by atoms with E-state index < -0.39 is 11.9 Å². The van der Waals surface area contributed by atoms with Crippen LogP contribution >= 0.6 is 0 Å². The van der Waals surface area contributed by atoms with Gasteiger partial charge in [0.2, 0.25) is 0 Å². The molecule has 3 rings (SSSR count). The highest BCUT2D eigenvalue weighted by Gasteiger charge is 2.17. The van der Waals surface area contributed by atoms with Crippen LogP contribution in [0.2, 0.25) is 0 Å². The summed E-state index contributed by atoms with van der Waals surface area (Å²) < 4.78 is 0. The first-order valence-electron chi connectivity index (χ1n) is 7.35. The summed E-state index contributed by atoms with van der Waals surface area (Å²) in [5.41, 5.74) is 0.705. The Morgan fingerprint density at radius 2 is 1.96 bits per heavy atom. The van der Waals surface area contributed by atoms with Gasteiger partial charge in [-0.1, -0.05) is 6.07 Å². The summed E-state index contributed by atoms with van der Waals surface area (Å²) in [5, 5.41) is 30.7. The molecule has 0 aliphatic rings. The molecule has 0 spiro atoms. The van der Waals surface area contributed by atoms with Crippen LogP contribution in [0.4, 0.5) is 0 Å². The van der Waals surface area contributed by atoms with E-state index in [2.05, 4.69) is 20.3 Å². The Balaban J connectivity index is 1.81. The number of aromatic carboxylic acids is 1. The lowest BCUT2D eigenvalue weighted by Gasteiger charge is -2.08. The zero-order valence-corrected chi connectivity index (χ0v) is 13.2. The van der Waals surface area contributed by atoms with Crippen molar-refractivity contribution >= 4 is 22.8 Å². The molecule has 0 radical (unpaired) electrons. The van der Waals surface area contributed by atoms with E-state index in [9.17, 15) is 14.7 Å². The normalized spacial score (nSPS) is 10.3. The molecule has 3 heterocycles. The van der Waals surface area contributed by atoms with Gasteiger partial charge < -0.3 is 15.5 Å². The van der Waals surface area contributed by atoms with Crippen molar-refractivity contribution < 1.29 is 19.8 Å². The molecular weight excluding hydrogens is 338 g/mol. The first-order valence-corrected chi connectivity index (χ1v) is 7.35. The maximum atomic E-state index is 12.3. The lowest BCUT2D eigenvalue weighted by Crippen LogP contribution is -2.24. The molecule has 0 aliphatic carbocycles. The fraction of sp³-hybridized carbons (Fsp3) is 0.0588. The highest BCUT2D eigenvalue weighted by molar-refractivity contribution is 6.01. The number of carboxylic acid groups (broad SMARTS) is 1. The van der Waals surface area contributed by atoms with E-state index in [0.29, 0.717) is 5.56 Å². The van der Waals surface area contributed by atoms with Gasteiger partial charge in [-0.3, -0.25) is 4.79 Å². The number of carboxylic acids is 1. The van der Waals surface area contributed by atoms with Crippen molar-refractivity contribution in [3.8, 4) is 11.8 Å². The van der Waals surface area contributed by atoms with Gasteiger partial charge in [0.05, 0.1) is 11.7 Å². The lowest BCUT2D eigenvalue weighted by atomic mass is 10.1. The van der Waals surface area contributed by atoms with Crippen molar-refractivity contribution in [2.45, 2.75) is 6.54 Å². The second-order valence-electron chi connectivity index (χ2n) is 5.24. The van der Waals surface area contributed by atoms with Gasteiger partial charge in [-0.2, -0.15) is 5.26 Å². The van der Waals surface area contributed by atoms with Crippen molar-refractivity contribution in [2.24, 2.45) is 0 Å². The molecule has 3 N–H and O–H groups in total. The van der Waals surface area contributed by atoms with Crippen LogP contribution in [0.3, 0.4) is 0 Å². The van der Waals surface area contributed by atoms with E-state index >= 15 is 0 Å². The number of rotatable bonds is 4. The van der Waals surface area contributed by atoms with Crippen molar-refractivity contribution in [2.75, 3.05) is 0 Å². The minimum absolute atomic E-state index is 0.132. The molecule has 0 atom stereocenters. The number of nitriles is 1. The van der Waals surface area contributed by atoms with Crippen LogP contribution in [0.5, 0.6) is 5.75 Å². The van der Waals surface area contributed by atoms with Gasteiger partial charge in [0.25, 0.3) is 5.91 Å². The SMILES string of the molecule is N#Cc1ccc(CNC(=O)c2ncc3nc(C(=O)O)ccc3c2O)cn1. The van der Waals surface area contributed by atoms with Gasteiger partial charge in [0.1, 0.15) is 17.5 Å². The number of carbonyl (C=O) groups excluding carboxylic acids is 1.